The summed E-state index contributed by atoms with van der Waals surface area (Å²) in [7, 11) is 0. The summed E-state index contributed by atoms with van der Waals surface area (Å²) in [4.78, 5) is 13.6. The Morgan fingerprint density at radius 2 is 1.85 bits per heavy atom. The minimum atomic E-state index is -0.144. The first-order valence-electron chi connectivity index (χ1n) is 12.8. The van der Waals surface area contributed by atoms with Crippen molar-refractivity contribution >= 4 is 16.6 Å². The van der Waals surface area contributed by atoms with E-state index >= 15 is 0 Å². The molecule has 1 aromatic heterocycles. The highest BCUT2D eigenvalue weighted by Crippen LogP contribution is 2.37. The van der Waals surface area contributed by atoms with Crippen LogP contribution in [0.3, 0.4) is 0 Å². The molecule has 5 heteroatoms. The molecule has 5 nitrogen and oxygen atoms in total. The van der Waals surface area contributed by atoms with Crippen molar-refractivity contribution < 1.29 is 9.47 Å². The van der Waals surface area contributed by atoms with Crippen LogP contribution in [0.25, 0.3) is 10.9 Å². The monoisotopic (exact) mass is 468 g/mol. The van der Waals surface area contributed by atoms with Crippen LogP contribution in [-0.2, 0) is 6.54 Å². The van der Waals surface area contributed by atoms with E-state index in [-0.39, 0.29) is 11.3 Å². The molecule has 2 aromatic rings. The molecule has 0 saturated carbocycles. The Morgan fingerprint density at radius 3 is 2.53 bits per heavy atom. The number of hydrogen-bond acceptors (Lipinski definition) is 4. The molecule has 1 unspecified atom stereocenters. The Morgan fingerprint density at radius 1 is 1.09 bits per heavy atom. The fraction of sp³-hybridized carbons (Fsp3) is 0.552. The normalized spacial score (nSPS) is 12.6. The van der Waals surface area contributed by atoms with Crippen LogP contribution in [0, 0.1) is 5.92 Å². The largest absolute Gasteiger partial charge is 0.485 e. The predicted molar refractivity (Wildman–Crippen MR) is 145 cm³/mol. The third kappa shape index (κ3) is 7.68. The van der Waals surface area contributed by atoms with Crippen LogP contribution in [0.1, 0.15) is 80.1 Å². The molecule has 0 aliphatic rings. The number of nitrogens with two attached hydrogens (primary N) is 1. The van der Waals surface area contributed by atoms with Gasteiger partial charge in [-0.25, -0.2) is 0 Å². The number of nitrogens with zero attached hydrogens (tertiary/aromatic N) is 1. The molecule has 0 aliphatic carbocycles. The number of ether oxygens (including phenoxy) is 2. The van der Waals surface area contributed by atoms with Crippen molar-refractivity contribution in [1.82, 2.24) is 4.57 Å². The highest BCUT2D eigenvalue weighted by molar-refractivity contribution is 5.97. The van der Waals surface area contributed by atoms with E-state index in [1.165, 1.54) is 11.1 Å². The number of unbranched alkanes of at least 4 members (excludes halogenated alkanes) is 1. The molecule has 2 N–H and O–H groups in total. The predicted octanol–water partition coefficient (Wildman–Crippen LogP) is 7.27. The zero-order chi connectivity index (χ0) is 25.1. The van der Waals surface area contributed by atoms with Crippen molar-refractivity contribution in [3.63, 3.8) is 0 Å². The molecule has 188 valence electrons. The van der Waals surface area contributed by atoms with Crippen LogP contribution >= 0.6 is 0 Å². The van der Waals surface area contributed by atoms with Crippen molar-refractivity contribution in [2.45, 2.75) is 86.6 Å². The van der Waals surface area contributed by atoms with Gasteiger partial charge < -0.3 is 19.8 Å². The summed E-state index contributed by atoms with van der Waals surface area (Å²) in [5, 5.41) is 0.756. The fourth-order valence-electron chi connectivity index (χ4n) is 4.04. The average Bonchev–Trinajstić information content (AvgIpc) is 2.78. The number of benzene rings is 1. The van der Waals surface area contributed by atoms with Gasteiger partial charge in [0.1, 0.15) is 6.61 Å². The van der Waals surface area contributed by atoms with Crippen molar-refractivity contribution in [2.75, 3.05) is 18.9 Å². The number of allylic oxidation sites excluding steroid dienone is 3. The molecule has 1 aromatic carbocycles. The molecule has 0 saturated heterocycles. The zero-order valence-corrected chi connectivity index (χ0v) is 22.1. The molecule has 1 atom stereocenters. The summed E-state index contributed by atoms with van der Waals surface area (Å²) in [6.45, 7) is 14.2. The first kappa shape index (κ1) is 27.6. The minimum absolute atomic E-state index is 0.144. The fourth-order valence-corrected chi connectivity index (χ4v) is 4.04. The highest BCUT2D eigenvalue weighted by Gasteiger charge is 2.22. The van der Waals surface area contributed by atoms with Gasteiger partial charge in [-0.05, 0) is 70.6 Å². The summed E-state index contributed by atoms with van der Waals surface area (Å²) in [6.07, 6.45) is 10.3. The lowest BCUT2D eigenvalue weighted by Gasteiger charge is -2.20. The van der Waals surface area contributed by atoms with Gasteiger partial charge in [-0.15, -0.1) is 0 Å². The molecule has 0 radical (unpaired) electrons. The number of hydrogen-bond donors (Lipinski definition) is 1. The van der Waals surface area contributed by atoms with E-state index in [1.54, 1.807) is 4.57 Å². The Bertz CT molecular complexity index is 1050. The summed E-state index contributed by atoms with van der Waals surface area (Å²) in [6, 6.07) is 5.69. The first-order chi connectivity index (χ1) is 16.3. The lowest BCUT2D eigenvalue weighted by Crippen LogP contribution is -2.25. The average molecular weight is 469 g/mol. The maximum absolute atomic E-state index is 13.6. The standard InChI is InChI=1S/C29H44N2O3/c1-7-9-18-31-25-16-11-15-24(30)26(25)27(28(29(31)32)34-20-23(6)12-8-2)33-19-17-22(5)14-10-13-21(3)4/h11,13,15-17,23H,7-10,12,14,18-20,30H2,1-6H3/b22-17+. The smallest absolute Gasteiger partial charge is 0.297 e. The summed E-state index contributed by atoms with van der Waals surface area (Å²) in [5.74, 6) is 1.09. The number of anilines is 1. The molecule has 34 heavy (non-hydrogen) atoms. The van der Waals surface area contributed by atoms with Crippen LogP contribution in [0.5, 0.6) is 11.5 Å². The maximum Gasteiger partial charge on any atom is 0.297 e. The number of rotatable bonds is 14. The molecule has 0 spiro atoms. The molecule has 0 aliphatic heterocycles. The summed E-state index contributed by atoms with van der Waals surface area (Å²) < 4.78 is 14.2. The molecule has 2 rings (SSSR count). The SMILES string of the molecule is CCCCn1c(=O)c(OCC(C)CCC)c(OC/C=C(\C)CCC=C(C)C)c2c(N)cccc21. The number of fused-ring (bicyclic) bond motifs is 1. The molecule has 0 fully saturated rings. The second-order valence-corrected chi connectivity index (χ2v) is 9.60. The van der Waals surface area contributed by atoms with Gasteiger partial charge in [0, 0.05) is 12.2 Å². The second-order valence-electron chi connectivity index (χ2n) is 9.60. The molecule has 1 heterocycles. The van der Waals surface area contributed by atoms with Crippen molar-refractivity contribution in [3.05, 3.63) is 51.9 Å². The van der Waals surface area contributed by atoms with E-state index in [4.69, 9.17) is 15.2 Å². The van der Waals surface area contributed by atoms with Gasteiger partial charge in [-0.2, -0.15) is 0 Å². The van der Waals surface area contributed by atoms with Crippen LogP contribution in [-0.4, -0.2) is 17.8 Å². The Hall–Kier alpha value is -2.69. The van der Waals surface area contributed by atoms with Gasteiger partial charge in [0.25, 0.3) is 5.56 Å². The van der Waals surface area contributed by atoms with Crippen LogP contribution < -0.4 is 20.8 Å². The minimum Gasteiger partial charge on any atom is -0.485 e. The Balaban J connectivity index is 2.47. The van der Waals surface area contributed by atoms with E-state index in [1.807, 2.05) is 18.2 Å². The van der Waals surface area contributed by atoms with E-state index < -0.39 is 0 Å². The molecular formula is C29H44N2O3. The van der Waals surface area contributed by atoms with E-state index in [2.05, 4.69) is 53.7 Å². The van der Waals surface area contributed by atoms with Crippen molar-refractivity contribution in [2.24, 2.45) is 5.92 Å². The topological polar surface area (TPSA) is 66.5 Å². The third-order valence-electron chi connectivity index (χ3n) is 6.02. The quantitative estimate of drug-likeness (QED) is 0.234. The number of nitrogen functional groups attached to an aromatic ring is 1. The number of aryl methyl sites for hydroxylation is 1. The van der Waals surface area contributed by atoms with Gasteiger partial charge in [-0.3, -0.25) is 4.79 Å². The van der Waals surface area contributed by atoms with E-state index in [0.717, 1.165) is 49.4 Å². The third-order valence-corrected chi connectivity index (χ3v) is 6.02. The Labute approximate surface area is 205 Å². The van der Waals surface area contributed by atoms with Gasteiger partial charge in [-0.1, -0.05) is 56.9 Å². The Kier molecular flexibility index (Phi) is 11.2. The second kappa shape index (κ2) is 13.9. The van der Waals surface area contributed by atoms with Gasteiger partial charge in [0.2, 0.25) is 5.75 Å². The maximum atomic E-state index is 13.6. The highest BCUT2D eigenvalue weighted by atomic mass is 16.5. The van der Waals surface area contributed by atoms with Crippen LogP contribution in [0.2, 0.25) is 0 Å². The lowest BCUT2D eigenvalue weighted by atomic mass is 10.1. The van der Waals surface area contributed by atoms with Gasteiger partial charge >= 0.3 is 0 Å². The molecular weight excluding hydrogens is 424 g/mol. The first-order valence-corrected chi connectivity index (χ1v) is 12.8. The molecule has 0 amide bonds. The number of aromatic nitrogens is 1. The molecule has 0 bridgehead atoms. The van der Waals surface area contributed by atoms with E-state index in [9.17, 15) is 4.79 Å². The van der Waals surface area contributed by atoms with Gasteiger partial charge in [0.15, 0.2) is 5.75 Å². The number of pyridine rings is 1. The lowest BCUT2D eigenvalue weighted by molar-refractivity contribution is 0.233. The van der Waals surface area contributed by atoms with Crippen LogP contribution in [0.4, 0.5) is 5.69 Å². The zero-order valence-electron chi connectivity index (χ0n) is 22.1. The van der Waals surface area contributed by atoms with Crippen molar-refractivity contribution in [3.8, 4) is 11.5 Å². The van der Waals surface area contributed by atoms with Gasteiger partial charge in [0.05, 0.1) is 17.5 Å². The van der Waals surface area contributed by atoms with Crippen LogP contribution in [0.15, 0.2) is 46.3 Å². The van der Waals surface area contributed by atoms with E-state index in [0.29, 0.717) is 37.1 Å². The van der Waals surface area contributed by atoms with Crippen molar-refractivity contribution in [1.29, 1.82) is 0 Å². The summed E-state index contributed by atoms with van der Waals surface area (Å²) >= 11 is 0. The summed E-state index contributed by atoms with van der Waals surface area (Å²) in [5.41, 5.74) is 10.3.